The van der Waals surface area contributed by atoms with Crippen LogP contribution in [0.3, 0.4) is 0 Å². The highest BCUT2D eigenvalue weighted by molar-refractivity contribution is 7.13. The third-order valence-electron chi connectivity index (χ3n) is 6.31. The zero-order valence-corrected chi connectivity index (χ0v) is 21.6. The minimum Gasteiger partial charge on any atom is -0.483 e. The lowest BCUT2D eigenvalue weighted by Gasteiger charge is -2.31. The number of hydrogen-bond acceptors (Lipinski definition) is 10. The SMILES string of the molecule is CC(=O)N1CCC(n2cc(-c3cnc(N)c4oc(-c5cncc6cnsc56)cc34)cn2)CC1.O=CO.O=CO. The topological polar surface area (TPSA) is 191 Å². The Morgan fingerprint density at radius 2 is 1.82 bits per heavy atom. The standard InChI is InChI=1S/C23H21N7O2S.2CH2O2/c1-13(31)29-4-2-16(3-5-29)30-12-15(8-27-30)18-11-26-23(24)21-17(18)6-20(32-21)19-10-25-7-14-9-28-33-22(14)19;2*2-1-3/h6-12,16H,2-5H2,1H3,(H2,24,26);2*1H,(H,2,3). The average Bonchev–Trinajstić information content (AvgIpc) is 3.70. The van der Waals surface area contributed by atoms with E-state index in [9.17, 15) is 4.79 Å². The third-order valence-corrected chi connectivity index (χ3v) is 7.16. The van der Waals surface area contributed by atoms with Crippen LogP contribution in [0.4, 0.5) is 5.82 Å². The van der Waals surface area contributed by atoms with Crippen molar-refractivity contribution in [3.05, 3.63) is 43.2 Å². The second-order valence-electron chi connectivity index (χ2n) is 8.50. The number of nitrogen functional groups attached to an aromatic ring is 1. The number of fused-ring (bicyclic) bond motifs is 2. The molecule has 0 atom stereocenters. The number of amides is 1. The van der Waals surface area contributed by atoms with Gasteiger partial charge in [-0.25, -0.2) is 4.98 Å². The van der Waals surface area contributed by atoms with Crippen molar-refractivity contribution in [2.45, 2.75) is 25.8 Å². The monoisotopic (exact) mass is 551 g/mol. The van der Waals surface area contributed by atoms with Crippen molar-refractivity contribution in [1.29, 1.82) is 0 Å². The number of hydrogen-bond donors (Lipinski definition) is 3. The van der Waals surface area contributed by atoms with E-state index >= 15 is 0 Å². The quantitative estimate of drug-likeness (QED) is 0.278. The molecule has 0 radical (unpaired) electrons. The number of carbonyl (C=O) groups excluding carboxylic acids is 1. The summed E-state index contributed by atoms with van der Waals surface area (Å²) in [4.78, 5) is 38.9. The number of nitrogens with two attached hydrogens (primary N) is 1. The normalized spacial score (nSPS) is 13.3. The smallest absolute Gasteiger partial charge is 0.290 e. The molecule has 13 nitrogen and oxygen atoms in total. The van der Waals surface area contributed by atoms with E-state index in [1.165, 1.54) is 11.5 Å². The number of aromatic nitrogens is 5. The first-order valence-electron chi connectivity index (χ1n) is 11.7. The number of carboxylic acid groups (broad SMARTS) is 2. The van der Waals surface area contributed by atoms with Gasteiger partial charge in [0, 0.05) is 66.7 Å². The fourth-order valence-electron chi connectivity index (χ4n) is 4.50. The van der Waals surface area contributed by atoms with Gasteiger partial charge in [-0.1, -0.05) is 0 Å². The lowest BCUT2D eigenvalue weighted by molar-refractivity contribution is -0.130. The van der Waals surface area contributed by atoms with Gasteiger partial charge >= 0.3 is 0 Å². The van der Waals surface area contributed by atoms with Crippen LogP contribution in [-0.4, -0.2) is 71.2 Å². The fourth-order valence-corrected chi connectivity index (χ4v) is 5.23. The van der Waals surface area contributed by atoms with E-state index < -0.39 is 0 Å². The van der Waals surface area contributed by atoms with Crippen LogP contribution in [0, 0.1) is 0 Å². The van der Waals surface area contributed by atoms with Crippen LogP contribution in [0.5, 0.6) is 0 Å². The molecule has 1 aliphatic rings. The molecule has 0 spiro atoms. The molecule has 4 N–H and O–H groups in total. The summed E-state index contributed by atoms with van der Waals surface area (Å²) in [5.41, 5.74) is 9.45. The number of anilines is 1. The maximum atomic E-state index is 11.6. The first-order valence-corrected chi connectivity index (χ1v) is 12.5. The molecule has 5 aromatic heterocycles. The molecule has 0 unspecified atom stereocenters. The Kier molecular flexibility index (Phi) is 8.46. The lowest BCUT2D eigenvalue weighted by atomic mass is 10.0. The summed E-state index contributed by atoms with van der Waals surface area (Å²) in [6, 6.07) is 2.25. The van der Waals surface area contributed by atoms with Crippen molar-refractivity contribution in [3.63, 3.8) is 0 Å². The van der Waals surface area contributed by atoms with Crippen molar-refractivity contribution < 1.29 is 29.0 Å². The van der Waals surface area contributed by atoms with Gasteiger partial charge in [0.05, 0.1) is 28.7 Å². The van der Waals surface area contributed by atoms with Gasteiger partial charge in [0.2, 0.25) is 5.91 Å². The summed E-state index contributed by atoms with van der Waals surface area (Å²) in [5, 5.41) is 20.3. The van der Waals surface area contributed by atoms with Crippen LogP contribution in [0.1, 0.15) is 25.8 Å². The Balaban J connectivity index is 0.000000541. The molecule has 1 aliphatic heterocycles. The van der Waals surface area contributed by atoms with Crippen LogP contribution < -0.4 is 5.73 Å². The molecule has 1 fully saturated rings. The van der Waals surface area contributed by atoms with Crippen molar-refractivity contribution in [2.75, 3.05) is 18.8 Å². The molecule has 5 aromatic rings. The van der Waals surface area contributed by atoms with Gasteiger partial charge in [-0.2, -0.15) is 9.47 Å². The first-order chi connectivity index (χ1) is 18.9. The van der Waals surface area contributed by atoms with Gasteiger partial charge in [0.15, 0.2) is 11.4 Å². The van der Waals surface area contributed by atoms with E-state index in [1.807, 2.05) is 28.0 Å². The molecule has 0 saturated carbocycles. The van der Waals surface area contributed by atoms with Crippen LogP contribution >= 0.6 is 11.5 Å². The maximum Gasteiger partial charge on any atom is 0.290 e. The van der Waals surface area contributed by atoms with Gasteiger partial charge < -0.3 is 25.3 Å². The van der Waals surface area contributed by atoms with E-state index in [0.717, 1.165) is 58.1 Å². The molecular weight excluding hydrogens is 526 g/mol. The largest absolute Gasteiger partial charge is 0.483 e. The molecule has 0 bridgehead atoms. The van der Waals surface area contributed by atoms with E-state index in [0.29, 0.717) is 17.2 Å². The number of pyridine rings is 2. The minimum absolute atomic E-state index is 0.130. The Morgan fingerprint density at radius 3 is 2.51 bits per heavy atom. The molecule has 1 amide bonds. The Morgan fingerprint density at radius 1 is 1.10 bits per heavy atom. The van der Waals surface area contributed by atoms with Crippen molar-refractivity contribution in [3.8, 4) is 22.5 Å². The maximum absolute atomic E-state index is 11.6. The summed E-state index contributed by atoms with van der Waals surface area (Å²) in [7, 11) is 0. The Bertz CT molecular complexity index is 1600. The van der Waals surface area contributed by atoms with Crippen LogP contribution in [0.15, 0.2) is 47.7 Å². The van der Waals surface area contributed by atoms with Crippen LogP contribution in [0.25, 0.3) is 43.5 Å². The van der Waals surface area contributed by atoms with Crippen LogP contribution in [-0.2, 0) is 14.4 Å². The highest BCUT2D eigenvalue weighted by atomic mass is 32.1. The van der Waals surface area contributed by atoms with E-state index in [2.05, 4.69) is 19.4 Å². The van der Waals surface area contributed by atoms with E-state index in [-0.39, 0.29) is 24.9 Å². The van der Waals surface area contributed by atoms with Gasteiger partial charge in [-0.3, -0.25) is 24.0 Å². The highest BCUT2D eigenvalue weighted by Crippen LogP contribution is 2.39. The molecule has 6 rings (SSSR count). The van der Waals surface area contributed by atoms with Crippen molar-refractivity contribution in [1.82, 2.24) is 29.0 Å². The van der Waals surface area contributed by atoms with Gasteiger partial charge in [-0.05, 0) is 30.4 Å². The Labute approximate surface area is 225 Å². The summed E-state index contributed by atoms with van der Waals surface area (Å²) in [6.45, 7) is 2.63. The predicted molar refractivity (Wildman–Crippen MR) is 144 cm³/mol. The van der Waals surface area contributed by atoms with Crippen molar-refractivity contribution >= 4 is 57.3 Å². The minimum atomic E-state index is -0.250. The number of nitrogens with zero attached hydrogens (tertiary/aromatic N) is 6. The number of carbonyl (C=O) groups is 3. The second kappa shape index (κ2) is 12.1. The molecule has 39 heavy (non-hydrogen) atoms. The molecule has 1 saturated heterocycles. The van der Waals surface area contributed by atoms with E-state index in [1.54, 1.807) is 31.7 Å². The van der Waals surface area contributed by atoms with Gasteiger partial charge in [0.1, 0.15) is 5.76 Å². The lowest BCUT2D eigenvalue weighted by Crippen LogP contribution is -2.37. The summed E-state index contributed by atoms with van der Waals surface area (Å²) in [5.74, 6) is 1.15. The number of piperidine rings is 1. The molecule has 202 valence electrons. The summed E-state index contributed by atoms with van der Waals surface area (Å²) >= 11 is 1.41. The van der Waals surface area contributed by atoms with Gasteiger partial charge in [-0.15, -0.1) is 0 Å². The molecular formula is C25H25N7O6S. The van der Waals surface area contributed by atoms with Crippen molar-refractivity contribution in [2.24, 2.45) is 0 Å². The molecule has 14 heteroatoms. The number of furan rings is 1. The number of rotatable bonds is 3. The fraction of sp³-hybridized carbons (Fsp3) is 0.240. The Hall–Kier alpha value is -4.85. The predicted octanol–water partition coefficient (Wildman–Crippen LogP) is 3.53. The average molecular weight is 552 g/mol. The summed E-state index contributed by atoms with van der Waals surface area (Å²) in [6.07, 6.45) is 12.8. The first kappa shape index (κ1) is 27.2. The van der Waals surface area contributed by atoms with Crippen LogP contribution in [0.2, 0.25) is 0 Å². The third kappa shape index (κ3) is 5.70. The number of likely N-dealkylation sites (tertiary alicyclic amines) is 1. The molecule has 6 heterocycles. The van der Waals surface area contributed by atoms with Gasteiger partial charge in [0.25, 0.3) is 12.9 Å². The summed E-state index contributed by atoms with van der Waals surface area (Å²) < 4.78 is 13.5. The second-order valence-corrected chi connectivity index (χ2v) is 9.30. The molecule has 0 aromatic carbocycles. The zero-order valence-electron chi connectivity index (χ0n) is 20.8. The van der Waals surface area contributed by atoms with E-state index in [4.69, 9.17) is 30.0 Å². The molecule has 0 aliphatic carbocycles. The zero-order chi connectivity index (χ0) is 27.9. The highest BCUT2D eigenvalue weighted by Gasteiger charge is 2.23.